The van der Waals surface area contributed by atoms with E-state index in [0.29, 0.717) is 5.41 Å². The Hall–Kier alpha value is -0.440. The maximum absolute atomic E-state index is 4.00. The molecule has 0 aliphatic rings. The van der Waals surface area contributed by atoms with E-state index >= 15 is 0 Å². The molecule has 0 saturated carbocycles. The third-order valence-corrected chi connectivity index (χ3v) is 3.62. The lowest BCUT2D eigenvalue weighted by Gasteiger charge is -2.40. The number of rotatable bonds is 4. The van der Waals surface area contributed by atoms with Crippen LogP contribution in [-0.2, 0) is 0 Å². The summed E-state index contributed by atoms with van der Waals surface area (Å²) >= 11 is 0. The van der Waals surface area contributed by atoms with Crippen LogP contribution in [0.15, 0.2) is 0 Å². The van der Waals surface area contributed by atoms with Gasteiger partial charge >= 0.3 is 0 Å². The zero-order valence-electron chi connectivity index (χ0n) is 12.2. The Labute approximate surface area is 98.9 Å². The highest BCUT2D eigenvalue weighted by atomic mass is 14.4. The van der Waals surface area contributed by atoms with Gasteiger partial charge in [-0.15, -0.1) is 12.8 Å². The molecule has 0 heterocycles. The average Bonchev–Trinajstić information content (AvgIpc) is 2.25. The zero-order valence-corrected chi connectivity index (χ0v) is 12.2. The molecule has 0 aliphatic carbocycles. The van der Waals surface area contributed by atoms with E-state index in [9.17, 15) is 0 Å². The topological polar surface area (TPSA) is 0 Å². The fourth-order valence-corrected chi connectivity index (χ4v) is 2.55. The first-order chi connectivity index (χ1) is 7.01. The van der Waals surface area contributed by atoms with Crippen molar-refractivity contribution in [3.8, 4) is 12.8 Å². The molecule has 0 rings (SSSR count). The molecule has 0 aromatic heterocycles. The van der Waals surface area contributed by atoms with Gasteiger partial charge in [0.2, 0.25) is 0 Å². The first-order valence-electron chi connectivity index (χ1n) is 6.34. The van der Waals surface area contributed by atoms with Crippen molar-refractivity contribution >= 4 is 0 Å². The molecular formula is C15H32. The lowest BCUT2D eigenvalue weighted by atomic mass is 9.65. The van der Waals surface area contributed by atoms with Crippen LogP contribution >= 0.6 is 0 Å². The average molecular weight is 212 g/mol. The summed E-state index contributed by atoms with van der Waals surface area (Å²) < 4.78 is 0. The van der Waals surface area contributed by atoms with E-state index in [1.807, 2.05) is 13.8 Å². The second-order valence-corrected chi connectivity index (χ2v) is 4.25. The van der Waals surface area contributed by atoms with Crippen LogP contribution in [0.5, 0.6) is 0 Å². The smallest absolute Gasteiger partial charge is 0.0257 e. The highest BCUT2D eigenvalue weighted by Gasteiger charge is 2.32. The SMILES string of the molecule is C#C.CC.CCC(CC)(C(C)C)C(C)C. The maximum atomic E-state index is 4.00. The predicted molar refractivity (Wildman–Crippen MR) is 73.9 cm³/mol. The van der Waals surface area contributed by atoms with E-state index < -0.39 is 0 Å². The summed E-state index contributed by atoms with van der Waals surface area (Å²) in [6.07, 6.45) is 10.6. The van der Waals surface area contributed by atoms with E-state index in [1.165, 1.54) is 12.8 Å². The van der Waals surface area contributed by atoms with Crippen LogP contribution in [0.2, 0.25) is 0 Å². The number of hydrogen-bond donors (Lipinski definition) is 0. The van der Waals surface area contributed by atoms with E-state index in [2.05, 4.69) is 54.4 Å². The van der Waals surface area contributed by atoms with Crippen LogP contribution in [0.25, 0.3) is 0 Å². The molecule has 0 saturated heterocycles. The van der Waals surface area contributed by atoms with Gasteiger partial charge in [-0.25, -0.2) is 0 Å². The molecule has 0 nitrogen and oxygen atoms in total. The highest BCUT2D eigenvalue weighted by Crippen LogP contribution is 2.41. The molecule has 0 atom stereocenters. The Kier molecular flexibility index (Phi) is 15.5. The molecule has 92 valence electrons. The first kappa shape index (κ1) is 20.0. The van der Waals surface area contributed by atoms with Crippen LogP contribution in [0.3, 0.4) is 0 Å². The molecule has 0 aromatic rings. The molecule has 0 unspecified atom stereocenters. The Morgan fingerprint density at radius 2 is 1.00 bits per heavy atom. The molecule has 0 fully saturated rings. The Bertz CT molecular complexity index is 114. The van der Waals surface area contributed by atoms with E-state index in [-0.39, 0.29) is 0 Å². The lowest BCUT2D eigenvalue weighted by Crippen LogP contribution is -2.31. The Morgan fingerprint density at radius 1 is 0.800 bits per heavy atom. The number of hydrogen-bond acceptors (Lipinski definition) is 0. The van der Waals surface area contributed by atoms with Gasteiger partial charge in [0.1, 0.15) is 0 Å². The van der Waals surface area contributed by atoms with Gasteiger partial charge in [0, 0.05) is 0 Å². The van der Waals surface area contributed by atoms with E-state index in [0.717, 1.165) is 11.8 Å². The maximum Gasteiger partial charge on any atom is -0.0257 e. The monoisotopic (exact) mass is 212 g/mol. The van der Waals surface area contributed by atoms with Crippen molar-refractivity contribution in [3.63, 3.8) is 0 Å². The van der Waals surface area contributed by atoms with Crippen molar-refractivity contribution in [2.45, 2.75) is 68.2 Å². The third kappa shape index (κ3) is 5.88. The molecule has 0 heteroatoms. The Balaban J connectivity index is -0.000000318. The van der Waals surface area contributed by atoms with E-state index in [1.54, 1.807) is 0 Å². The van der Waals surface area contributed by atoms with Crippen LogP contribution in [0.4, 0.5) is 0 Å². The lowest BCUT2D eigenvalue weighted by molar-refractivity contribution is 0.0991. The normalized spacial score (nSPS) is 10.1. The van der Waals surface area contributed by atoms with Gasteiger partial charge in [0.15, 0.2) is 0 Å². The van der Waals surface area contributed by atoms with Crippen LogP contribution in [-0.4, -0.2) is 0 Å². The van der Waals surface area contributed by atoms with Crippen LogP contribution in [0.1, 0.15) is 68.2 Å². The van der Waals surface area contributed by atoms with Gasteiger partial charge in [-0.3, -0.25) is 0 Å². The van der Waals surface area contributed by atoms with Gasteiger partial charge < -0.3 is 0 Å². The second-order valence-electron chi connectivity index (χ2n) is 4.25. The fraction of sp³-hybridized carbons (Fsp3) is 0.867. The molecule has 0 bridgehead atoms. The van der Waals surface area contributed by atoms with Gasteiger partial charge in [-0.1, -0.05) is 55.4 Å². The fourth-order valence-electron chi connectivity index (χ4n) is 2.55. The van der Waals surface area contributed by atoms with Crippen molar-refractivity contribution in [3.05, 3.63) is 0 Å². The standard InChI is InChI=1S/C11H24.C2H6.C2H2/c1-7-11(8-2,9(3)4)10(5)6;2*1-2/h9-10H,7-8H2,1-6H3;1-2H3;1-2H. The largest absolute Gasteiger partial charge is 0.124 e. The van der Waals surface area contributed by atoms with Crippen LogP contribution < -0.4 is 0 Å². The summed E-state index contributed by atoms with van der Waals surface area (Å²) in [5.74, 6) is 1.63. The predicted octanol–water partition coefficient (Wildman–Crippen LogP) is 5.38. The van der Waals surface area contributed by atoms with Crippen molar-refractivity contribution in [2.24, 2.45) is 17.3 Å². The van der Waals surface area contributed by atoms with Crippen molar-refractivity contribution in [1.82, 2.24) is 0 Å². The first-order valence-corrected chi connectivity index (χ1v) is 6.34. The summed E-state index contributed by atoms with van der Waals surface area (Å²) in [7, 11) is 0. The molecule has 0 spiro atoms. The van der Waals surface area contributed by atoms with Gasteiger partial charge in [0.05, 0.1) is 0 Å². The molecule has 0 aliphatic heterocycles. The summed E-state index contributed by atoms with van der Waals surface area (Å²) in [5.41, 5.74) is 0.583. The highest BCUT2D eigenvalue weighted by molar-refractivity contribution is 4.82. The van der Waals surface area contributed by atoms with Crippen molar-refractivity contribution < 1.29 is 0 Å². The summed E-state index contributed by atoms with van der Waals surface area (Å²) in [5, 5.41) is 0. The summed E-state index contributed by atoms with van der Waals surface area (Å²) in [6, 6.07) is 0. The van der Waals surface area contributed by atoms with E-state index in [4.69, 9.17) is 0 Å². The van der Waals surface area contributed by atoms with Gasteiger partial charge in [-0.05, 0) is 30.1 Å². The minimum Gasteiger partial charge on any atom is -0.124 e. The number of terminal acetylenes is 1. The second kappa shape index (κ2) is 11.6. The Morgan fingerprint density at radius 3 is 1.00 bits per heavy atom. The van der Waals surface area contributed by atoms with Crippen molar-refractivity contribution in [1.29, 1.82) is 0 Å². The molecule has 0 radical (unpaired) electrons. The molecular weight excluding hydrogens is 180 g/mol. The molecule has 0 aromatic carbocycles. The third-order valence-electron chi connectivity index (χ3n) is 3.62. The minimum atomic E-state index is 0.583. The summed E-state index contributed by atoms with van der Waals surface area (Å²) in [6.45, 7) is 18.1. The summed E-state index contributed by atoms with van der Waals surface area (Å²) in [4.78, 5) is 0. The van der Waals surface area contributed by atoms with Crippen LogP contribution in [0, 0.1) is 30.1 Å². The van der Waals surface area contributed by atoms with Gasteiger partial charge in [0.25, 0.3) is 0 Å². The van der Waals surface area contributed by atoms with Crippen molar-refractivity contribution in [2.75, 3.05) is 0 Å². The minimum absolute atomic E-state index is 0.583. The molecule has 0 N–H and O–H groups in total. The quantitative estimate of drug-likeness (QED) is 0.549. The van der Waals surface area contributed by atoms with Gasteiger partial charge in [-0.2, -0.15) is 0 Å². The molecule has 15 heavy (non-hydrogen) atoms. The zero-order chi connectivity index (χ0) is 13.1. The molecule has 0 amide bonds.